The number of rotatable bonds is 7. The molecule has 186 valence electrons. The number of anilines is 1. The highest BCUT2D eigenvalue weighted by Gasteiger charge is 2.48. The van der Waals surface area contributed by atoms with E-state index in [0.717, 1.165) is 5.56 Å². The Morgan fingerprint density at radius 2 is 1.81 bits per heavy atom. The van der Waals surface area contributed by atoms with E-state index in [4.69, 9.17) is 14.3 Å². The van der Waals surface area contributed by atoms with Crippen LogP contribution in [0.5, 0.6) is 5.75 Å². The fourth-order valence-electron chi connectivity index (χ4n) is 4.49. The number of Topliss-reactive ketones (excluding diaryl/α,β-unsaturated/α-hetero) is 1. The van der Waals surface area contributed by atoms with Crippen molar-refractivity contribution in [2.45, 2.75) is 39.2 Å². The molecule has 1 saturated heterocycles. The molecule has 1 aliphatic heterocycles. The van der Waals surface area contributed by atoms with Gasteiger partial charge in [0.25, 0.3) is 11.7 Å². The molecule has 8 heteroatoms. The normalized spacial score (nSPS) is 17.1. The lowest BCUT2D eigenvalue weighted by Crippen LogP contribution is -2.29. The van der Waals surface area contributed by atoms with Crippen molar-refractivity contribution < 1.29 is 33.8 Å². The number of benzene rings is 2. The van der Waals surface area contributed by atoms with Gasteiger partial charge in [-0.05, 0) is 65.9 Å². The van der Waals surface area contributed by atoms with E-state index in [9.17, 15) is 19.5 Å². The lowest BCUT2D eigenvalue weighted by Gasteiger charge is -2.24. The van der Waals surface area contributed by atoms with Crippen molar-refractivity contribution >= 4 is 29.1 Å². The van der Waals surface area contributed by atoms with Gasteiger partial charge in [0.2, 0.25) is 0 Å². The monoisotopic (exact) mass is 489 g/mol. The van der Waals surface area contributed by atoms with Crippen LogP contribution in [-0.2, 0) is 20.8 Å². The zero-order chi connectivity index (χ0) is 26.1. The third kappa shape index (κ3) is 4.37. The SMILES string of the molecule is COc1cc(C)c(/C(O)=C2\C(=O)C(=O)N(c3ccc(CC(=O)O)cc3)C2c2ccco2)cc1C(C)C. The molecular weight excluding hydrogens is 462 g/mol. The number of ether oxygens (including phenoxy) is 1. The first-order chi connectivity index (χ1) is 17.1. The van der Waals surface area contributed by atoms with Gasteiger partial charge in [-0.15, -0.1) is 0 Å². The maximum atomic E-state index is 13.3. The Morgan fingerprint density at radius 1 is 1.11 bits per heavy atom. The third-order valence-corrected chi connectivity index (χ3v) is 6.28. The average Bonchev–Trinajstić information content (AvgIpc) is 3.45. The zero-order valence-electron chi connectivity index (χ0n) is 20.4. The van der Waals surface area contributed by atoms with Crippen molar-refractivity contribution in [1.82, 2.24) is 0 Å². The number of hydrogen-bond donors (Lipinski definition) is 2. The number of ketones is 1. The number of aliphatic hydroxyl groups excluding tert-OH is 1. The fourth-order valence-corrected chi connectivity index (χ4v) is 4.49. The number of carboxylic acids is 1. The Hall–Kier alpha value is -4.33. The van der Waals surface area contributed by atoms with Crippen LogP contribution in [0.3, 0.4) is 0 Å². The average molecular weight is 490 g/mol. The summed E-state index contributed by atoms with van der Waals surface area (Å²) in [5.41, 5.74) is 2.78. The predicted molar refractivity (Wildman–Crippen MR) is 133 cm³/mol. The molecule has 1 aliphatic rings. The molecule has 8 nitrogen and oxygen atoms in total. The summed E-state index contributed by atoms with van der Waals surface area (Å²) in [6.07, 6.45) is 1.26. The first-order valence-electron chi connectivity index (χ1n) is 11.5. The van der Waals surface area contributed by atoms with Gasteiger partial charge in [0, 0.05) is 11.3 Å². The first-order valence-corrected chi connectivity index (χ1v) is 11.5. The van der Waals surface area contributed by atoms with Gasteiger partial charge in [0.15, 0.2) is 0 Å². The Morgan fingerprint density at radius 3 is 2.36 bits per heavy atom. The minimum Gasteiger partial charge on any atom is -0.507 e. The zero-order valence-corrected chi connectivity index (χ0v) is 20.4. The van der Waals surface area contributed by atoms with E-state index < -0.39 is 23.7 Å². The molecule has 0 bridgehead atoms. The van der Waals surface area contributed by atoms with Crippen molar-refractivity contribution in [1.29, 1.82) is 0 Å². The summed E-state index contributed by atoms with van der Waals surface area (Å²) in [6.45, 7) is 5.78. The van der Waals surface area contributed by atoms with Crippen LogP contribution in [-0.4, -0.2) is 35.0 Å². The van der Waals surface area contributed by atoms with Crippen molar-refractivity contribution in [3.05, 3.63) is 88.4 Å². The van der Waals surface area contributed by atoms with Gasteiger partial charge in [0.1, 0.15) is 23.3 Å². The van der Waals surface area contributed by atoms with Crippen LogP contribution in [0.15, 0.2) is 64.8 Å². The van der Waals surface area contributed by atoms with Gasteiger partial charge in [-0.1, -0.05) is 26.0 Å². The molecule has 36 heavy (non-hydrogen) atoms. The van der Waals surface area contributed by atoms with Crippen LogP contribution >= 0.6 is 0 Å². The Kier molecular flexibility index (Phi) is 6.70. The Bertz CT molecular complexity index is 1350. The summed E-state index contributed by atoms with van der Waals surface area (Å²) in [4.78, 5) is 38.9. The molecule has 0 aliphatic carbocycles. The number of carbonyl (C=O) groups excluding carboxylic acids is 2. The molecule has 1 amide bonds. The van der Waals surface area contributed by atoms with Gasteiger partial charge in [-0.2, -0.15) is 0 Å². The lowest BCUT2D eigenvalue weighted by atomic mass is 9.92. The summed E-state index contributed by atoms with van der Waals surface area (Å²) in [5.74, 6) is -1.89. The highest BCUT2D eigenvalue weighted by Crippen LogP contribution is 2.43. The van der Waals surface area contributed by atoms with E-state index in [2.05, 4.69) is 0 Å². The molecular formula is C28H27NO7. The molecule has 1 atom stereocenters. The summed E-state index contributed by atoms with van der Waals surface area (Å²) in [6, 6.07) is 12.2. The highest BCUT2D eigenvalue weighted by atomic mass is 16.5. The minimum absolute atomic E-state index is 0.0831. The van der Waals surface area contributed by atoms with Crippen LogP contribution in [0.25, 0.3) is 5.76 Å². The van der Waals surface area contributed by atoms with Crippen LogP contribution in [0.4, 0.5) is 5.69 Å². The maximum absolute atomic E-state index is 13.3. The quantitative estimate of drug-likeness (QED) is 0.273. The number of aliphatic hydroxyl groups is 1. The summed E-state index contributed by atoms with van der Waals surface area (Å²) in [7, 11) is 1.57. The van der Waals surface area contributed by atoms with Gasteiger partial charge < -0.3 is 19.4 Å². The summed E-state index contributed by atoms with van der Waals surface area (Å²) < 4.78 is 11.1. The number of aliphatic carboxylic acids is 1. The van der Waals surface area contributed by atoms with Crippen molar-refractivity contribution in [2.24, 2.45) is 0 Å². The van der Waals surface area contributed by atoms with Crippen LogP contribution in [0, 0.1) is 6.92 Å². The molecule has 1 aromatic heterocycles. The second-order valence-corrected chi connectivity index (χ2v) is 8.99. The van der Waals surface area contributed by atoms with Gasteiger partial charge in [-0.25, -0.2) is 0 Å². The number of methoxy groups -OCH3 is 1. The fraction of sp³-hybridized carbons (Fsp3) is 0.250. The number of carbonyl (C=O) groups is 3. The van der Waals surface area contributed by atoms with E-state index in [-0.39, 0.29) is 23.7 Å². The molecule has 0 spiro atoms. The Labute approximate surface area is 208 Å². The lowest BCUT2D eigenvalue weighted by molar-refractivity contribution is -0.136. The second-order valence-electron chi connectivity index (χ2n) is 8.99. The van der Waals surface area contributed by atoms with Gasteiger partial charge in [0.05, 0.1) is 25.4 Å². The molecule has 2 heterocycles. The largest absolute Gasteiger partial charge is 0.507 e. The standard InChI is InChI=1S/C28H27NO7/c1-15(2)19-14-20(16(3)12-22(19)35-4)26(32)24-25(21-6-5-11-36-21)29(28(34)27(24)33)18-9-7-17(8-10-18)13-23(30)31/h5-12,14-15,25,32H,13H2,1-4H3,(H,30,31)/b26-24+. The molecule has 4 rings (SSSR count). The molecule has 3 aromatic rings. The van der Waals surface area contributed by atoms with Crippen LogP contribution in [0.2, 0.25) is 0 Å². The number of nitrogens with zero attached hydrogens (tertiary/aromatic N) is 1. The van der Waals surface area contributed by atoms with E-state index >= 15 is 0 Å². The molecule has 0 radical (unpaired) electrons. The van der Waals surface area contributed by atoms with Gasteiger partial charge in [-0.3, -0.25) is 19.3 Å². The molecule has 2 N–H and O–H groups in total. The molecule has 2 aromatic carbocycles. The van der Waals surface area contributed by atoms with Crippen molar-refractivity contribution in [3.63, 3.8) is 0 Å². The van der Waals surface area contributed by atoms with Crippen molar-refractivity contribution in [2.75, 3.05) is 12.0 Å². The number of amides is 1. The van der Waals surface area contributed by atoms with Gasteiger partial charge >= 0.3 is 5.97 Å². The topological polar surface area (TPSA) is 117 Å². The molecule has 1 unspecified atom stereocenters. The molecule has 1 fully saturated rings. The second kappa shape index (κ2) is 9.73. The van der Waals surface area contributed by atoms with Crippen LogP contribution in [0.1, 0.15) is 53.8 Å². The first kappa shape index (κ1) is 24.8. The Balaban J connectivity index is 1.89. The summed E-state index contributed by atoms with van der Waals surface area (Å²) >= 11 is 0. The number of carboxylic acid groups (broad SMARTS) is 1. The van der Waals surface area contributed by atoms with E-state index in [0.29, 0.717) is 33.9 Å². The molecule has 0 saturated carbocycles. The summed E-state index contributed by atoms with van der Waals surface area (Å²) in [5, 5.41) is 20.5. The van der Waals surface area contributed by atoms with E-state index in [1.807, 2.05) is 13.8 Å². The number of hydrogen-bond acceptors (Lipinski definition) is 6. The maximum Gasteiger partial charge on any atom is 0.307 e. The van der Waals surface area contributed by atoms with E-state index in [1.165, 1.54) is 11.2 Å². The minimum atomic E-state index is -1.01. The van der Waals surface area contributed by atoms with E-state index in [1.54, 1.807) is 62.6 Å². The smallest absolute Gasteiger partial charge is 0.307 e. The number of aryl methyl sites for hydroxylation is 1. The number of furan rings is 1. The van der Waals surface area contributed by atoms with Crippen molar-refractivity contribution in [3.8, 4) is 5.75 Å². The third-order valence-electron chi connectivity index (χ3n) is 6.28. The highest BCUT2D eigenvalue weighted by molar-refractivity contribution is 6.51. The predicted octanol–water partition coefficient (Wildman–Crippen LogP) is 4.97. The van der Waals surface area contributed by atoms with Crippen LogP contribution < -0.4 is 9.64 Å².